The molecule has 2 heteroatoms. The fraction of sp³-hybridized carbons (Fsp3) is 0.500. The van der Waals surface area contributed by atoms with Crippen LogP contribution in [0.3, 0.4) is 0 Å². The molecule has 0 saturated heterocycles. The molecule has 0 radical (unpaired) electrons. The molecule has 0 aliphatic carbocycles. The summed E-state index contributed by atoms with van der Waals surface area (Å²) in [5.74, 6) is 1.01. The average Bonchev–Trinajstić information content (AvgIpc) is 2.36. The first-order valence-corrected chi connectivity index (χ1v) is 5.05. The molecule has 0 spiro atoms. The fourth-order valence-electron chi connectivity index (χ4n) is 1.91. The summed E-state index contributed by atoms with van der Waals surface area (Å²) in [6, 6.07) is 6.34. The zero-order valence-corrected chi connectivity index (χ0v) is 9.00. The average molecular weight is 191 g/mol. The molecule has 76 valence electrons. The van der Waals surface area contributed by atoms with Crippen LogP contribution in [0, 0.1) is 0 Å². The van der Waals surface area contributed by atoms with E-state index in [9.17, 15) is 0 Å². The van der Waals surface area contributed by atoms with E-state index in [4.69, 9.17) is 10.5 Å². The van der Waals surface area contributed by atoms with E-state index in [-0.39, 0.29) is 11.6 Å². The summed E-state index contributed by atoms with van der Waals surface area (Å²) in [5.41, 5.74) is 8.25. The SMILES string of the molecule is C[C@@H](N)c1ccc2c(c1)CC(C)(C)O2. The lowest BCUT2D eigenvalue weighted by molar-refractivity contribution is 0.138. The van der Waals surface area contributed by atoms with Crippen molar-refractivity contribution in [3.63, 3.8) is 0 Å². The molecule has 1 atom stereocenters. The summed E-state index contributed by atoms with van der Waals surface area (Å²) in [5, 5.41) is 0. The molecule has 1 aromatic rings. The maximum Gasteiger partial charge on any atom is 0.123 e. The van der Waals surface area contributed by atoms with Crippen LogP contribution in [-0.2, 0) is 6.42 Å². The summed E-state index contributed by atoms with van der Waals surface area (Å²) < 4.78 is 5.79. The van der Waals surface area contributed by atoms with Crippen molar-refractivity contribution in [2.24, 2.45) is 5.73 Å². The van der Waals surface area contributed by atoms with Crippen molar-refractivity contribution in [3.8, 4) is 5.75 Å². The van der Waals surface area contributed by atoms with Crippen LogP contribution in [-0.4, -0.2) is 5.60 Å². The lowest BCUT2D eigenvalue weighted by Crippen LogP contribution is -2.24. The van der Waals surface area contributed by atoms with E-state index in [1.165, 1.54) is 11.1 Å². The monoisotopic (exact) mass is 191 g/mol. The van der Waals surface area contributed by atoms with Crippen LogP contribution in [0.4, 0.5) is 0 Å². The second-order valence-corrected chi connectivity index (χ2v) is 4.69. The zero-order valence-electron chi connectivity index (χ0n) is 9.00. The van der Waals surface area contributed by atoms with Crippen LogP contribution in [0.1, 0.15) is 37.9 Å². The van der Waals surface area contributed by atoms with Gasteiger partial charge < -0.3 is 10.5 Å². The lowest BCUT2D eigenvalue weighted by atomic mass is 9.98. The largest absolute Gasteiger partial charge is 0.487 e. The molecule has 0 bridgehead atoms. The minimum Gasteiger partial charge on any atom is -0.487 e. The Morgan fingerprint density at radius 3 is 2.79 bits per heavy atom. The molecule has 2 nitrogen and oxygen atoms in total. The van der Waals surface area contributed by atoms with E-state index in [0.29, 0.717) is 0 Å². The van der Waals surface area contributed by atoms with Crippen molar-refractivity contribution in [1.29, 1.82) is 0 Å². The molecule has 0 amide bonds. The molecule has 2 rings (SSSR count). The normalized spacial score (nSPS) is 20.0. The third kappa shape index (κ3) is 1.62. The van der Waals surface area contributed by atoms with Crippen molar-refractivity contribution >= 4 is 0 Å². The number of nitrogens with two attached hydrogens (primary N) is 1. The highest BCUT2D eigenvalue weighted by Gasteiger charge is 2.29. The third-order valence-corrected chi connectivity index (χ3v) is 2.61. The quantitative estimate of drug-likeness (QED) is 0.740. The summed E-state index contributed by atoms with van der Waals surface area (Å²) >= 11 is 0. The van der Waals surface area contributed by atoms with Gasteiger partial charge in [-0.15, -0.1) is 0 Å². The zero-order chi connectivity index (χ0) is 10.3. The van der Waals surface area contributed by atoms with Crippen molar-refractivity contribution in [2.75, 3.05) is 0 Å². The number of rotatable bonds is 1. The van der Waals surface area contributed by atoms with Gasteiger partial charge in [0, 0.05) is 12.5 Å². The van der Waals surface area contributed by atoms with Gasteiger partial charge in [-0.05, 0) is 38.0 Å². The van der Waals surface area contributed by atoms with Crippen LogP contribution in [0.5, 0.6) is 5.75 Å². The Hall–Kier alpha value is -1.02. The van der Waals surface area contributed by atoms with E-state index in [1.54, 1.807) is 0 Å². The Labute approximate surface area is 85.1 Å². The predicted molar refractivity (Wildman–Crippen MR) is 57.5 cm³/mol. The van der Waals surface area contributed by atoms with Gasteiger partial charge in [0.1, 0.15) is 11.4 Å². The van der Waals surface area contributed by atoms with Crippen LogP contribution in [0.25, 0.3) is 0 Å². The van der Waals surface area contributed by atoms with Gasteiger partial charge in [0.05, 0.1) is 0 Å². The molecule has 14 heavy (non-hydrogen) atoms. The summed E-state index contributed by atoms with van der Waals surface area (Å²) in [4.78, 5) is 0. The maximum absolute atomic E-state index is 5.83. The van der Waals surface area contributed by atoms with Gasteiger partial charge in [-0.3, -0.25) is 0 Å². The standard InChI is InChI=1S/C12H17NO/c1-8(13)9-4-5-11-10(6-9)7-12(2,3)14-11/h4-6,8H,7,13H2,1-3H3/t8-/m1/s1. The highest BCUT2D eigenvalue weighted by Crippen LogP contribution is 2.35. The summed E-state index contributed by atoms with van der Waals surface area (Å²) in [6.45, 7) is 6.22. The molecule has 0 unspecified atom stereocenters. The molecule has 1 heterocycles. The van der Waals surface area contributed by atoms with Gasteiger partial charge in [-0.2, -0.15) is 0 Å². The summed E-state index contributed by atoms with van der Waals surface area (Å²) in [7, 11) is 0. The van der Waals surface area contributed by atoms with Crippen molar-refractivity contribution in [2.45, 2.75) is 38.8 Å². The minimum atomic E-state index is -0.0568. The number of hydrogen-bond donors (Lipinski definition) is 1. The van der Waals surface area contributed by atoms with Crippen LogP contribution >= 0.6 is 0 Å². The fourth-order valence-corrected chi connectivity index (χ4v) is 1.91. The predicted octanol–water partition coefficient (Wildman–Crippen LogP) is 2.42. The number of hydrogen-bond acceptors (Lipinski definition) is 2. The maximum atomic E-state index is 5.83. The first-order chi connectivity index (χ1) is 6.48. The van der Waals surface area contributed by atoms with E-state index in [1.807, 2.05) is 19.1 Å². The first kappa shape index (κ1) is 9.53. The van der Waals surface area contributed by atoms with E-state index in [2.05, 4.69) is 19.9 Å². The second-order valence-electron chi connectivity index (χ2n) is 4.69. The van der Waals surface area contributed by atoms with Crippen molar-refractivity contribution < 1.29 is 4.74 Å². The van der Waals surface area contributed by atoms with Crippen LogP contribution in [0.15, 0.2) is 18.2 Å². The van der Waals surface area contributed by atoms with Gasteiger partial charge >= 0.3 is 0 Å². The lowest BCUT2D eigenvalue weighted by Gasteiger charge is -2.16. The topological polar surface area (TPSA) is 35.2 Å². The molecule has 0 fully saturated rings. The summed E-state index contributed by atoms with van der Waals surface area (Å²) in [6.07, 6.45) is 0.975. The Morgan fingerprint density at radius 2 is 2.14 bits per heavy atom. The van der Waals surface area contributed by atoms with Gasteiger partial charge in [0.25, 0.3) is 0 Å². The molecular weight excluding hydrogens is 174 g/mol. The Kier molecular flexibility index (Phi) is 2.04. The first-order valence-electron chi connectivity index (χ1n) is 5.05. The molecule has 0 saturated carbocycles. The van der Waals surface area contributed by atoms with Crippen molar-refractivity contribution in [3.05, 3.63) is 29.3 Å². The third-order valence-electron chi connectivity index (χ3n) is 2.61. The van der Waals surface area contributed by atoms with Gasteiger partial charge in [-0.1, -0.05) is 12.1 Å². The highest BCUT2D eigenvalue weighted by atomic mass is 16.5. The minimum absolute atomic E-state index is 0.0568. The molecular formula is C12H17NO. The number of ether oxygens (including phenoxy) is 1. The van der Waals surface area contributed by atoms with E-state index < -0.39 is 0 Å². The van der Waals surface area contributed by atoms with Gasteiger partial charge in [0.2, 0.25) is 0 Å². The Morgan fingerprint density at radius 1 is 1.43 bits per heavy atom. The Bertz CT molecular complexity index is 355. The molecule has 1 aliphatic rings. The molecule has 2 N–H and O–H groups in total. The highest BCUT2D eigenvalue weighted by molar-refractivity contribution is 5.42. The second kappa shape index (κ2) is 2.99. The number of benzene rings is 1. The Balaban J connectivity index is 2.36. The van der Waals surface area contributed by atoms with Gasteiger partial charge in [-0.25, -0.2) is 0 Å². The van der Waals surface area contributed by atoms with Crippen LogP contribution < -0.4 is 10.5 Å². The molecule has 0 aromatic heterocycles. The number of fused-ring (bicyclic) bond motifs is 1. The van der Waals surface area contributed by atoms with Crippen LogP contribution in [0.2, 0.25) is 0 Å². The van der Waals surface area contributed by atoms with Crippen molar-refractivity contribution in [1.82, 2.24) is 0 Å². The molecule has 1 aliphatic heterocycles. The molecule has 1 aromatic carbocycles. The smallest absolute Gasteiger partial charge is 0.123 e. The van der Waals surface area contributed by atoms with E-state index in [0.717, 1.165) is 12.2 Å². The van der Waals surface area contributed by atoms with Gasteiger partial charge in [0.15, 0.2) is 0 Å². The van der Waals surface area contributed by atoms with E-state index >= 15 is 0 Å².